The van der Waals surface area contributed by atoms with Gasteiger partial charge in [0, 0.05) is 30.4 Å². The molecule has 0 unspecified atom stereocenters. The molecule has 4 nitrogen and oxygen atoms in total. The van der Waals surface area contributed by atoms with E-state index in [1.807, 2.05) is 12.1 Å². The first kappa shape index (κ1) is 14.7. The van der Waals surface area contributed by atoms with Gasteiger partial charge in [-0.2, -0.15) is 0 Å². The number of hydrogen-bond donors (Lipinski definition) is 1. The fraction of sp³-hybridized carbons (Fsp3) is 0.438. The molecule has 3 rings (SSSR count). The zero-order valence-electron chi connectivity index (χ0n) is 12.1. The molecule has 0 aliphatic heterocycles. The third-order valence-corrected chi connectivity index (χ3v) is 4.96. The minimum atomic E-state index is 0.581. The monoisotopic (exact) mass is 394 g/mol. The maximum atomic E-state index is 4.88. The standard InChI is InChI=1S/C16H19IN4/c1-2-19-16-13(17)14(11-5-3-4-6-11)20-15(21-16)12-7-9-18-10-8-12/h7-11H,2-6H2,1H3,(H,19,20,21). The Kier molecular flexibility index (Phi) is 4.67. The number of pyridine rings is 1. The molecule has 0 bridgehead atoms. The van der Waals surface area contributed by atoms with E-state index in [-0.39, 0.29) is 0 Å². The Morgan fingerprint density at radius 2 is 1.90 bits per heavy atom. The number of rotatable bonds is 4. The Morgan fingerprint density at radius 3 is 2.57 bits per heavy atom. The van der Waals surface area contributed by atoms with Gasteiger partial charge >= 0.3 is 0 Å². The molecule has 110 valence electrons. The second-order valence-corrected chi connectivity index (χ2v) is 6.42. The van der Waals surface area contributed by atoms with Gasteiger partial charge < -0.3 is 5.32 Å². The van der Waals surface area contributed by atoms with Crippen LogP contribution in [0.3, 0.4) is 0 Å². The van der Waals surface area contributed by atoms with Crippen LogP contribution in [0.15, 0.2) is 24.5 Å². The summed E-state index contributed by atoms with van der Waals surface area (Å²) in [6.45, 7) is 2.96. The zero-order chi connectivity index (χ0) is 14.7. The molecule has 0 atom stereocenters. The van der Waals surface area contributed by atoms with Crippen LogP contribution < -0.4 is 5.32 Å². The van der Waals surface area contributed by atoms with Crippen LogP contribution in [0.5, 0.6) is 0 Å². The van der Waals surface area contributed by atoms with Crippen molar-refractivity contribution in [1.82, 2.24) is 15.0 Å². The molecule has 5 heteroatoms. The second kappa shape index (κ2) is 6.68. The first-order valence-electron chi connectivity index (χ1n) is 7.51. The van der Waals surface area contributed by atoms with Crippen molar-refractivity contribution in [2.24, 2.45) is 0 Å². The molecule has 1 aliphatic carbocycles. The van der Waals surface area contributed by atoms with Gasteiger partial charge in [-0.05, 0) is 54.5 Å². The van der Waals surface area contributed by atoms with Crippen molar-refractivity contribution < 1.29 is 0 Å². The number of aromatic nitrogens is 3. The summed E-state index contributed by atoms with van der Waals surface area (Å²) in [6.07, 6.45) is 8.69. The lowest BCUT2D eigenvalue weighted by Gasteiger charge is -2.16. The summed E-state index contributed by atoms with van der Waals surface area (Å²) in [4.78, 5) is 13.7. The average molecular weight is 394 g/mol. The predicted molar refractivity (Wildman–Crippen MR) is 93.4 cm³/mol. The van der Waals surface area contributed by atoms with Crippen molar-refractivity contribution in [3.8, 4) is 11.4 Å². The molecule has 1 aliphatic rings. The van der Waals surface area contributed by atoms with Crippen molar-refractivity contribution in [2.45, 2.75) is 38.5 Å². The van der Waals surface area contributed by atoms with Crippen LogP contribution in [0.2, 0.25) is 0 Å². The van der Waals surface area contributed by atoms with E-state index in [4.69, 9.17) is 9.97 Å². The van der Waals surface area contributed by atoms with E-state index < -0.39 is 0 Å². The molecule has 21 heavy (non-hydrogen) atoms. The van der Waals surface area contributed by atoms with Crippen molar-refractivity contribution in [2.75, 3.05) is 11.9 Å². The molecule has 0 spiro atoms. The van der Waals surface area contributed by atoms with Gasteiger partial charge in [0.15, 0.2) is 5.82 Å². The van der Waals surface area contributed by atoms with Gasteiger partial charge in [-0.15, -0.1) is 0 Å². The van der Waals surface area contributed by atoms with Gasteiger partial charge in [0.25, 0.3) is 0 Å². The SMILES string of the molecule is CCNc1nc(-c2ccncc2)nc(C2CCCC2)c1I. The van der Waals surface area contributed by atoms with Crippen LogP contribution in [0.4, 0.5) is 5.82 Å². The molecule has 1 N–H and O–H groups in total. The molecule has 2 aromatic rings. The Hall–Kier alpha value is -1.24. The van der Waals surface area contributed by atoms with E-state index >= 15 is 0 Å². The number of hydrogen-bond acceptors (Lipinski definition) is 4. The maximum Gasteiger partial charge on any atom is 0.161 e. The molecule has 2 aromatic heterocycles. The van der Waals surface area contributed by atoms with Crippen molar-refractivity contribution in [3.05, 3.63) is 33.8 Å². The molecular formula is C16H19IN4. The lowest BCUT2D eigenvalue weighted by molar-refractivity contribution is 0.690. The lowest BCUT2D eigenvalue weighted by Crippen LogP contribution is -2.10. The summed E-state index contributed by atoms with van der Waals surface area (Å²) in [6, 6.07) is 3.94. The van der Waals surface area contributed by atoms with E-state index in [9.17, 15) is 0 Å². The van der Waals surface area contributed by atoms with Crippen LogP contribution in [0.1, 0.15) is 44.2 Å². The van der Waals surface area contributed by atoms with E-state index in [2.05, 4.69) is 39.8 Å². The third-order valence-electron chi connectivity index (χ3n) is 3.90. The largest absolute Gasteiger partial charge is 0.369 e. The molecular weight excluding hydrogens is 375 g/mol. The lowest BCUT2D eigenvalue weighted by atomic mass is 10.0. The number of halogens is 1. The van der Waals surface area contributed by atoms with Crippen LogP contribution in [0.25, 0.3) is 11.4 Å². The van der Waals surface area contributed by atoms with Crippen LogP contribution in [0, 0.1) is 3.57 Å². The summed E-state index contributed by atoms with van der Waals surface area (Å²) < 4.78 is 1.18. The van der Waals surface area contributed by atoms with Crippen molar-refractivity contribution in [1.29, 1.82) is 0 Å². The van der Waals surface area contributed by atoms with Crippen molar-refractivity contribution >= 4 is 28.4 Å². The normalized spacial score (nSPS) is 15.3. The van der Waals surface area contributed by atoms with Gasteiger partial charge in [0.05, 0.1) is 9.26 Å². The fourth-order valence-corrected chi connectivity index (χ4v) is 3.72. The third kappa shape index (κ3) is 3.17. The van der Waals surface area contributed by atoms with E-state index in [0.29, 0.717) is 5.92 Å². The fourth-order valence-electron chi connectivity index (χ4n) is 2.85. The Bertz CT molecular complexity index is 609. The van der Waals surface area contributed by atoms with E-state index in [1.54, 1.807) is 12.4 Å². The maximum absolute atomic E-state index is 4.88. The average Bonchev–Trinajstić information content (AvgIpc) is 3.04. The van der Waals surface area contributed by atoms with Crippen molar-refractivity contribution in [3.63, 3.8) is 0 Å². The highest BCUT2D eigenvalue weighted by molar-refractivity contribution is 14.1. The molecule has 0 aromatic carbocycles. The van der Waals surface area contributed by atoms with Crippen LogP contribution >= 0.6 is 22.6 Å². The molecule has 0 amide bonds. The molecule has 2 heterocycles. The minimum Gasteiger partial charge on any atom is -0.369 e. The minimum absolute atomic E-state index is 0.581. The number of anilines is 1. The van der Waals surface area contributed by atoms with Gasteiger partial charge in [-0.25, -0.2) is 9.97 Å². The van der Waals surface area contributed by atoms with Gasteiger partial charge in [0.2, 0.25) is 0 Å². The van der Waals surface area contributed by atoms with Gasteiger partial charge in [-0.3, -0.25) is 4.98 Å². The van der Waals surface area contributed by atoms with Crippen LogP contribution in [-0.4, -0.2) is 21.5 Å². The first-order valence-corrected chi connectivity index (χ1v) is 8.59. The summed E-state index contributed by atoms with van der Waals surface area (Å²) in [7, 11) is 0. The molecule has 1 fully saturated rings. The van der Waals surface area contributed by atoms with Gasteiger partial charge in [-0.1, -0.05) is 12.8 Å². The highest BCUT2D eigenvalue weighted by atomic mass is 127. The smallest absolute Gasteiger partial charge is 0.161 e. The molecule has 0 radical (unpaired) electrons. The zero-order valence-corrected chi connectivity index (χ0v) is 14.3. The highest BCUT2D eigenvalue weighted by Crippen LogP contribution is 2.37. The summed E-state index contributed by atoms with van der Waals surface area (Å²) in [5.74, 6) is 2.34. The summed E-state index contributed by atoms with van der Waals surface area (Å²) >= 11 is 2.39. The Labute approximate surface area is 139 Å². The quantitative estimate of drug-likeness (QED) is 0.789. The molecule has 0 saturated heterocycles. The predicted octanol–water partition coefficient (Wildman–Crippen LogP) is 4.23. The molecule has 1 saturated carbocycles. The number of nitrogens with one attached hydrogen (secondary N) is 1. The van der Waals surface area contributed by atoms with E-state index in [0.717, 1.165) is 23.8 Å². The van der Waals surface area contributed by atoms with E-state index in [1.165, 1.54) is 34.9 Å². The van der Waals surface area contributed by atoms with Gasteiger partial charge in [0.1, 0.15) is 5.82 Å². The Morgan fingerprint density at radius 1 is 1.19 bits per heavy atom. The van der Waals surface area contributed by atoms with Crippen LogP contribution in [-0.2, 0) is 0 Å². The first-order chi connectivity index (χ1) is 10.3. The number of nitrogens with zero attached hydrogens (tertiary/aromatic N) is 3. The summed E-state index contributed by atoms with van der Waals surface area (Å²) in [5, 5.41) is 3.38. The second-order valence-electron chi connectivity index (χ2n) is 5.34. The Balaban J connectivity index is 2.08. The summed E-state index contributed by atoms with van der Waals surface area (Å²) in [5.41, 5.74) is 2.24. The topological polar surface area (TPSA) is 50.7 Å². The highest BCUT2D eigenvalue weighted by Gasteiger charge is 2.24.